The van der Waals surface area contributed by atoms with E-state index in [4.69, 9.17) is 4.98 Å². The molecule has 2 heterocycles. The highest BCUT2D eigenvalue weighted by Crippen LogP contribution is 2.32. The first-order chi connectivity index (χ1) is 13.5. The largest absolute Gasteiger partial charge is 0.342 e. The average Bonchev–Trinajstić information content (AvgIpc) is 3.27. The van der Waals surface area contributed by atoms with Crippen molar-refractivity contribution in [1.82, 2.24) is 14.5 Å². The molecule has 0 saturated carbocycles. The fraction of sp³-hybridized carbons (Fsp3) is 0.348. The Balaban J connectivity index is 1.59. The Morgan fingerprint density at radius 1 is 1.14 bits per heavy atom. The number of likely N-dealkylation sites (tertiary alicyclic amines) is 1. The van der Waals surface area contributed by atoms with Crippen molar-refractivity contribution < 1.29 is 9.59 Å². The standard InChI is InChI=1S/C23H25N3O2/c1-16(17(2)27)26-21-11-7-6-10-20(21)24-23(26)19-14-22(28)25(15-19)13-12-18-8-4-3-5-9-18/h3-11,16,19H,12-15H2,1-2H3. The molecule has 5 nitrogen and oxygen atoms in total. The van der Waals surface area contributed by atoms with E-state index in [9.17, 15) is 9.59 Å². The summed E-state index contributed by atoms with van der Waals surface area (Å²) in [6.07, 6.45) is 1.29. The molecule has 0 bridgehead atoms. The lowest BCUT2D eigenvalue weighted by atomic mass is 10.1. The molecule has 4 rings (SSSR count). The van der Waals surface area contributed by atoms with Crippen molar-refractivity contribution in [1.29, 1.82) is 0 Å². The van der Waals surface area contributed by atoms with Crippen LogP contribution in [0, 0.1) is 0 Å². The second-order valence-electron chi connectivity index (χ2n) is 7.59. The Hall–Kier alpha value is -2.95. The Kier molecular flexibility index (Phi) is 4.99. The number of hydrogen-bond acceptors (Lipinski definition) is 3. The number of Topliss-reactive ketones (excluding diaryl/α,β-unsaturated/α-hetero) is 1. The molecular weight excluding hydrogens is 350 g/mol. The smallest absolute Gasteiger partial charge is 0.223 e. The molecule has 0 radical (unpaired) electrons. The number of ketones is 1. The molecule has 5 heteroatoms. The summed E-state index contributed by atoms with van der Waals surface area (Å²) in [6.45, 7) is 4.88. The molecule has 1 fully saturated rings. The maximum absolute atomic E-state index is 12.6. The van der Waals surface area contributed by atoms with Gasteiger partial charge in [-0.3, -0.25) is 9.59 Å². The third-order valence-electron chi connectivity index (χ3n) is 5.69. The third kappa shape index (κ3) is 3.44. The fourth-order valence-electron chi connectivity index (χ4n) is 4.01. The van der Waals surface area contributed by atoms with Gasteiger partial charge in [0.1, 0.15) is 5.82 Å². The molecule has 1 saturated heterocycles. The summed E-state index contributed by atoms with van der Waals surface area (Å²) in [4.78, 5) is 31.5. The zero-order valence-electron chi connectivity index (χ0n) is 16.3. The number of rotatable bonds is 6. The molecule has 144 valence electrons. The molecule has 1 aromatic heterocycles. The van der Waals surface area contributed by atoms with Crippen LogP contribution in [0.1, 0.15) is 43.6 Å². The Labute approximate surface area is 165 Å². The summed E-state index contributed by atoms with van der Waals surface area (Å²) in [5.74, 6) is 1.11. The zero-order valence-corrected chi connectivity index (χ0v) is 16.3. The first-order valence-corrected chi connectivity index (χ1v) is 9.83. The topological polar surface area (TPSA) is 55.2 Å². The summed E-state index contributed by atoms with van der Waals surface area (Å²) in [5, 5.41) is 0. The molecule has 3 aromatic rings. The number of fused-ring (bicyclic) bond motifs is 1. The van der Waals surface area contributed by atoms with E-state index in [1.54, 1.807) is 6.92 Å². The number of benzene rings is 2. The van der Waals surface area contributed by atoms with Gasteiger partial charge in [-0.05, 0) is 38.0 Å². The maximum Gasteiger partial charge on any atom is 0.223 e. The summed E-state index contributed by atoms with van der Waals surface area (Å²) in [7, 11) is 0. The van der Waals surface area contributed by atoms with E-state index in [2.05, 4.69) is 12.1 Å². The van der Waals surface area contributed by atoms with Crippen molar-refractivity contribution in [3.05, 3.63) is 66.0 Å². The normalized spacial score (nSPS) is 18.0. The van der Waals surface area contributed by atoms with Gasteiger partial charge in [-0.1, -0.05) is 42.5 Å². The lowest BCUT2D eigenvalue weighted by Gasteiger charge is -2.19. The molecular formula is C23H25N3O2. The SMILES string of the molecule is CC(=O)C(C)n1c(C2CC(=O)N(CCc3ccccc3)C2)nc2ccccc21. The van der Waals surface area contributed by atoms with Crippen molar-refractivity contribution >= 4 is 22.7 Å². The lowest BCUT2D eigenvalue weighted by Crippen LogP contribution is -2.27. The summed E-state index contributed by atoms with van der Waals surface area (Å²) < 4.78 is 2.02. The number of para-hydroxylation sites is 2. The quantitative estimate of drug-likeness (QED) is 0.659. The first-order valence-electron chi connectivity index (χ1n) is 9.83. The first kappa shape index (κ1) is 18.4. The van der Waals surface area contributed by atoms with Gasteiger partial charge in [-0.2, -0.15) is 0 Å². The Morgan fingerprint density at radius 3 is 2.61 bits per heavy atom. The fourth-order valence-corrected chi connectivity index (χ4v) is 4.01. The van der Waals surface area contributed by atoms with Gasteiger partial charge < -0.3 is 9.47 Å². The lowest BCUT2D eigenvalue weighted by molar-refractivity contribution is -0.127. The molecule has 0 N–H and O–H groups in total. The monoisotopic (exact) mass is 375 g/mol. The van der Waals surface area contributed by atoms with Crippen molar-refractivity contribution in [3.8, 4) is 0 Å². The van der Waals surface area contributed by atoms with Gasteiger partial charge >= 0.3 is 0 Å². The summed E-state index contributed by atoms with van der Waals surface area (Å²) in [5.41, 5.74) is 3.06. The summed E-state index contributed by atoms with van der Waals surface area (Å²) >= 11 is 0. The number of nitrogens with zero attached hydrogens (tertiary/aromatic N) is 3. The van der Waals surface area contributed by atoms with Crippen LogP contribution in [-0.4, -0.2) is 39.2 Å². The molecule has 2 aromatic carbocycles. The summed E-state index contributed by atoms with van der Waals surface area (Å²) in [6, 6.07) is 17.8. The minimum atomic E-state index is -0.295. The van der Waals surface area contributed by atoms with Gasteiger partial charge in [0.05, 0.1) is 17.1 Å². The van der Waals surface area contributed by atoms with E-state index in [1.165, 1.54) is 5.56 Å². The van der Waals surface area contributed by atoms with Gasteiger partial charge in [-0.15, -0.1) is 0 Å². The Bertz CT molecular complexity index is 1010. The number of carbonyl (C=O) groups excluding carboxylic acids is 2. The Morgan fingerprint density at radius 2 is 1.86 bits per heavy atom. The van der Waals surface area contributed by atoms with E-state index in [1.807, 2.05) is 58.9 Å². The molecule has 1 amide bonds. The van der Waals surface area contributed by atoms with Gasteiger partial charge in [0, 0.05) is 25.4 Å². The van der Waals surface area contributed by atoms with Gasteiger partial charge in [0.15, 0.2) is 5.78 Å². The van der Waals surface area contributed by atoms with Crippen LogP contribution in [0.5, 0.6) is 0 Å². The number of imidazole rings is 1. The highest BCUT2D eigenvalue weighted by atomic mass is 16.2. The highest BCUT2D eigenvalue weighted by molar-refractivity contribution is 5.85. The van der Waals surface area contributed by atoms with Crippen molar-refractivity contribution in [3.63, 3.8) is 0 Å². The van der Waals surface area contributed by atoms with Crippen LogP contribution >= 0.6 is 0 Å². The van der Waals surface area contributed by atoms with Crippen LogP contribution in [0.4, 0.5) is 0 Å². The van der Waals surface area contributed by atoms with Crippen molar-refractivity contribution in [2.75, 3.05) is 13.1 Å². The van der Waals surface area contributed by atoms with Crippen LogP contribution in [0.3, 0.4) is 0 Å². The predicted octanol–water partition coefficient (Wildman–Crippen LogP) is 3.74. The van der Waals surface area contributed by atoms with Gasteiger partial charge in [-0.25, -0.2) is 4.98 Å². The minimum absolute atomic E-state index is 0.0115. The molecule has 2 unspecified atom stereocenters. The van der Waals surface area contributed by atoms with Gasteiger partial charge in [0.2, 0.25) is 5.91 Å². The second-order valence-corrected chi connectivity index (χ2v) is 7.59. The average molecular weight is 375 g/mol. The van der Waals surface area contributed by atoms with Crippen LogP contribution < -0.4 is 0 Å². The second kappa shape index (κ2) is 7.58. The van der Waals surface area contributed by atoms with Crippen LogP contribution in [0.25, 0.3) is 11.0 Å². The van der Waals surface area contributed by atoms with E-state index in [0.717, 1.165) is 23.3 Å². The van der Waals surface area contributed by atoms with Crippen LogP contribution in [-0.2, 0) is 16.0 Å². The number of carbonyl (C=O) groups is 2. The number of hydrogen-bond donors (Lipinski definition) is 0. The molecule has 1 aliphatic heterocycles. The number of amides is 1. The minimum Gasteiger partial charge on any atom is -0.342 e. The highest BCUT2D eigenvalue weighted by Gasteiger charge is 2.34. The molecule has 1 aliphatic rings. The van der Waals surface area contributed by atoms with E-state index in [0.29, 0.717) is 19.5 Å². The molecule has 2 atom stereocenters. The zero-order chi connectivity index (χ0) is 19.7. The van der Waals surface area contributed by atoms with E-state index in [-0.39, 0.29) is 23.7 Å². The van der Waals surface area contributed by atoms with Crippen molar-refractivity contribution in [2.45, 2.75) is 38.6 Å². The van der Waals surface area contributed by atoms with Crippen molar-refractivity contribution in [2.24, 2.45) is 0 Å². The predicted molar refractivity (Wildman–Crippen MR) is 109 cm³/mol. The third-order valence-corrected chi connectivity index (χ3v) is 5.69. The molecule has 28 heavy (non-hydrogen) atoms. The van der Waals surface area contributed by atoms with Crippen LogP contribution in [0.2, 0.25) is 0 Å². The maximum atomic E-state index is 12.6. The van der Waals surface area contributed by atoms with E-state index < -0.39 is 0 Å². The number of aromatic nitrogens is 2. The van der Waals surface area contributed by atoms with Crippen LogP contribution in [0.15, 0.2) is 54.6 Å². The molecule has 0 aliphatic carbocycles. The van der Waals surface area contributed by atoms with Gasteiger partial charge in [0.25, 0.3) is 0 Å². The van der Waals surface area contributed by atoms with E-state index >= 15 is 0 Å². The molecule has 0 spiro atoms.